The van der Waals surface area contributed by atoms with E-state index in [1.807, 2.05) is 29.6 Å². The van der Waals surface area contributed by atoms with E-state index < -0.39 is 34.1 Å². The predicted molar refractivity (Wildman–Crippen MR) is 130 cm³/mol. The summed E-state index contributed by atoms with van der Waals surface area (Å²) in [6.45, 7) is 2.04. The van der Waals surface area contributed by atoms with Crippen molar-refractivity contribution in [3.05, 3.63) is 70.7 Å². The van der Waals surface area contributed by atoms with Crippen LogP contribution < -0.4 is 0 Å². The van der Waals surface area contributed by atoms with Crippen LogP contribution in [0.4, 0.5) is 26.3 Å². The van der Waals surface area contributed by atoms with Crippen molar-refractivity contribution in [3.63, 3.8) is 0 Å². The SMILES string of the molecule is O=C(O)C(F)(F)F.O=C(O)C(F)(F)F.O=S1(=O)c2ccc(-c3ccsc3)cc2C2CN(Cc3ccccn3)CC21. The second-order valence-electron chi connectivity index (χ2n) is 8.58. The number of halogens is 6. The van der Waals surface area contributed by atoms with Crippen LogP contribution in [0.2, 0.25) is 0 Å². The molecule has 2 aliphatic rings. The van der Waals surface area contributed by atoms with Gasteiger partial charge in [0.2, 0.25) is 0 Å². The normalized spacial score (nSPS) is 19.4. The second-order valence-corrected chi connectivity index (χ2v) is 11.5. The van der Waals surface area contributed by atoms with E-state index in [0.717, 1.165) is 28.9 Å². The first-order valence-corrected chi connectivity index (χ1v) is 13.6. The Morgan fingerprint density at radius 3 is 2.08 bits per heavy atom. The summed E-state index contributed by atoms with van der Waals surface area (Å²) in [4.78, 5) is 24.9. The number of aliphatic carboxylic acids is 2. The Bertz CT molecular complexity index is 1420. The minimum Gasteiger partial charge on any atom is -0.475 e. The van der Waals surface area contributed by atoms with Crippen LogP contribution in [-0.4, -0.2) is 71.1 Å². The van der Waals surface area contributed by atoms with Crippen LogP contribution in [0.5, 0.6) is 0 Å². The Morgan fingerprint density at radius 1 is 0.950 bits per heavy atom. The van der Waals surface area contributed by atoms with Crippen LogP contribution in [0.15, 0.2) is 64.3 Å². The average Bonchev–Trinajstić information content (AvgIpc) is 3.58. The molecular weight excluding hydrogens is 590 g/mol. The molecule has 1 saturated heterocycles. The first-order chi connectivity index (χ1) is 18.5. The van der Waals surface area contributed by atoms with Crippen LogP contribution >= 0.6 is 11.3 Å². The maximum atomic E-state index is 13.0. The zero-order valence-corrected chi connectivity index (χ0v) is 21.7. The summed E-state index contributed by atoms with van der Waals surface area (Å²) >= 11 is 1.66. The Hall–Kier alpha value is -3.50. The molecule has 0 bridgehead atoms. The van der Waals surface area contributed by atoms with Crippen molar-refractivity contribution in [1.82, 2.24) is 9.88 Å². The number of carbonyl (C=O) groups is 2. The molecule has 16 heteroatoms. The fourth-order valence-electron chi connectivity index (χ4n) is 4.18. The van der Waals surface area contributed by atoms with E-state index in [2.05, 4.69) is 27.4 Å². The topological polar surface area (TPSA) is 125 Å². The maximum Gasteiger partial charge on any atom is 0.490 e. The lowest BCUT2D eigenvalue weighted by Crippen LogP contribution is -2.26. The molecule has 0 spiro atoms. The number of hydrogen-bond acceptors (Lipinski definition) is 7. The van der Waals surface area contributed by atoms with Crippen molar-refractivity contribution in [2.75, 3.05) is 13.1 Å². The quantitative estimate of drug-likeness (QED) is 0.404. The van der Waals surface area contributed by atoms with E-state index in [0.29, 0.717) is 18.0 Å². The van der Waals surface area contributed by atoms with Gasteiger partial charge in [0, 0.05) is 31.7 Å². The van der Waals surface area contributed by atoms with Gasteiger partial charge in [-0.1, -0.05) is 12.1 Å². The molecule has 0 radical (unpaired) electrons. The van der Waals surface area contributed by atoms with Gasteiger partial charge >= 0.3 is 24.3 Å². The number of hydrogen-bond donors (Lipinski definition) is 2. The Morgan fingerprint density at radius 2 is 1.57 bits per heavy atom. The molecule has 3 aromatic rings. The molecule has 5 rings (SSSR count). The maximum absolute atomic E-state index is 13.0. The highest BCUT2D eigenvalue weighted by atomic mass is 32.2. The van der Waals surface area contributed by atoms with Crippen LogP contribution in [-0.2, 0) is 26.0 Å². The summed E-state index contributed by atoms with van der Waals surface area (Å²) in [5, 5.41) is 18.1. The van der Waals surface area contributed by atoms with Crippen LogP contribution in [0.1, 0.15) is 17.2 Å². The summed E-state index contributed by atoms with van der Waals surface area (Å²) < 4.78 is 89.5. The lowest BCUT2D eigenvalue weighted by atomic mass is 9.95. The van der Waals surface area contributed by atoms with Gasteiger partial charge in [0.15, 0.2) is 9.84 Å². The molecule has 1 fully saturated rings. The van der Waals surface area contributed by atoms with E-state index in [4.69, 9.17) is 19.8 Å². The molecule has 40 heavy (non-hydrogen) atoms. The summed E-state index contributed by atoms with van der Waals surface area (Å²) in [7, 11) is -3.25. The van der Waals surface area contributed by atoms with Gasteiger partial charge in [-0.15, -0.1) is 0 Å². The summed E-state index contributed by atoms with van der Waals surface area (Å²) in [6.07, 6.45) is -8.38. The monoisotopic (exact) mass is 610 g/mol. The van der Waals surface area contributed by atoms with Crippen molar-refractivity contribution < 1.29 is 54.6 Å². The fourth-order valence-corrected chi connectivity index (χ4v) is 7.04. The molecule has 2 aliphatic heterocycles. The van der Waals surface area contributed by atoms with Gasteiger partial charge in [-0.05, 0) is 57.8 Å². The number of alkyl halides is 6. The van der Waals surface area contributed by atoms with Gasteiger partial charge in [0.1, 0.15) is 0 Å². The van der Waals surface area contributed by atoms with E-state index >= 15 is 0 Å². The van der Waals surface area contributed by atoms with E-state index in [9.17, 15) is 34.8 Å². The predicted octanol–water partition coefficient (Wildman–Crippen LogP) is 4.83. The molecule has 0 saturated carbocycles. The molecule has 4 heterocycles. The van der Waals surface area contributed by atoms with Gasteiger partial charge in [0.05, 0.1) is 15.8 Å². The zero-order chi connectivity index (χ0) is 29.9. The summed E-state index contributed by atoms with van der Waals surface area (Å²) in [6, 6.07) is 13.8. The molecule has 0 aliphatic carbocycles. The molecule has 2 aromatic heterocycles. The summed E-state index contributed by atoms with van der Waals surface area (Å²) in [5.74, 6) is -5.46. The molecule has 216 valence electrons. The van der Waals surface area contributed by atoms with Crippen molar-refractivity contribution in [1.29, 1.82) is 0 Å². The number of fused-ring (bicyclic) bond motifs is 3. The largest absolute Gasteiger partial charge is 0.490 e. The van der Waals surface area contributed by atoms with Crippen molar-refractivity contribution in [3.8, 4) is 11.1 Å². The second kappa shape index (κ2) is 11.9. The Kier molecular flexibility index (Phi) is 9.26. The minimum absolute atomic E-state index is 0.0531. The van der Waals surface area contributed by atoms with Gasteiger partial charge < -0.3 is 10.2 Å². The number of carboxylic acid groups (broad SMARTS) is 2. The lowest BCUT2D eigenvalue weighted by Gasteiger charge is -2.17. The fraction of sp³-hybridized carbons (Fsp3) is 0.292. The number of aromatic nitrogens is 1. The number of thiophene rings is 1. The molecule has 8 nitrogen and oxygen atoms in total. The Labute approximate surface area is 227 Å². The molecule has 2 atom stereocenters. The highest BCUT2D eigenvalue weighted by Crippen LogP contribution is 2.46. The van der Waals surface area contributed by atoms with E-state index in [-0.39, 0.29) is 11.2 Å². The van der Waals surface area contributed by atoms with Crippen LogP contribution in [0.25, 0.3) is 11.1 Å². The third-order valence-corrected chi connectivity index (χ3v) is 8.85. The first-order valence-electron chi connectivity index (χ1n) is 11.1. The standard InChI is InChI=1S/C20H18N2O2S2.2C2HF3O2/c23-26(24)19-5-4-14(15-6-8-25-13-15)9-17(19)18-11-22(12-20(18)26)10-16-3-1-2-7-21-16;2*3-2(4,5)1(6)7/h1-9,13,18,20H,10-12H2;2*(H,6,7). The highest BCUT2D eigenvalue weighted by Gasteiger charge is 2.50. The van der Waals surface area contributed by atoms with Gasteiger partial charge in [-0.25, -0.2) is 18.0 Å². The van der Waals surface area contributed by atoms with E-state index in [1.165, 1.54) is 0 Å². The lowest BCUT2D eigenvalue weighted by molar-refractivity contribution is -0.193. The minimum atomic E-state index is -5.08. The molecule has 0 amide bonds. The zero-order valence-electron chi connectivity index (χ0n) is 20.1. The van der Waals surface area contributed by atoms with Crippen molar-refractivity contribution in [2.24, 2.45) is 0 Å². The summed E-state index contributed by atoms with van der Waals surface area (Å²) in [5.41, 5.74) is 4.23. The average molecular weight is 611 g/mol. The van der Waals surface area contributed by atoms with Crippen LogP contribution in [0, 0.1) is 0 Å². The van der Waals surface area contributed by atoms with Crippen molar-refractivity contribution >= 4 is 33.1 Å². The number of rotatable bonds is 3. The molecule has 2 unspecified atom stereocenters. The smallest absolute Gasteiger partial charge is 0.475 e. The number of pyridine rings is 1. The van der Waals surface area contributed by atoms with Gasteiger partial charge in [-0.2, -0.15) is 37.7 Å². The molecule has 1 aromatic carbocycles. The molecule has 2 N–H and O–H groups in total. The third kappa shape index (κ3) is 7.37. The number of carboxylic acids is 2. The van der Waals surface area contributed by atoms with Gasteiger partial charge in [0.25, 0.3) is 0 Å². The number of benzene rings is 1. The first kappa shape index (κ1) is 31.0. The van der Waals surface area contributed by atoms with E-state index in [1.54, 1.807) is 23.6 Å². The number of sulfone groups is 1. The number of likely N-dealkylation sites (tertiary alicyclic amines) is 1. The highest BCUT2D eigenvalue weighted by molar-refractivity contribution is 7.92. The molecular formula is C24H20F6N2O6S2. The Balaban J connectivity index is 0.000000263. The van der Waals surface area contributed by atoms with Gasteiger partial charge in [-0.3, -0.25) is 9.88 Å². The van der Waals surface area contributed by atoms with Crippen molar-refractivity contribution in [2.45, 2.75) is 35.0 Å². The van der Waals surface area contributed by atoms with Crippen LogP contribution in [0.3, 0.4) is 0 Å². The third-order valence-electron chi connectivity index (χ3n) is 5.91. The number of nitrogens with zero attached hydrogens (tertiary/aromatic N) is 2.